The molecule has 1 atom stereocenters. The summed E-state index contributed by atoms with van der Waals surface area (Å²) in [5.74, 6) is -2.55. The second-order valence-electron chi connectivity index (χ2n) is 6.00. The molecule has 0 amide bonds. The summed E-state index contributed by atoms with van der Waals surface area (Å²) in [6.07, 6.45) is 0. The number of carbonyl (C=O) groups is 1. The minimum absolute atomic E-state index is 0.0840. The molecule has 27 heavy (non-hydrogen) atoms. The molecule has 0 saturated carbocycles. The number of nitrogens with zero attached hydrogens (tertiary/aromatic N) is 1. The van der Waals surface area contributed by atoms with Crippen LogP contribution in [0.25, 0.3) is 0 Å². The molecule has 0 aromatic heterocycles. The number of carbonyl (C=O) groups excluding carboxylic acids is 1. The second kappa shape index (κ2) is 7.71. The van der Waals surface area contributed by atoms with E-state index in [2.05, 4.69) is 10.1 Å². The minimum atomic E-state index is -4.25. The summed E-state index contributed by atoms with van der Waals surface area (Å²) in [5, 5.41) is 3.07. The molecule has 0 bridgehead atoms. The zero-order valence-corrected chi connectivity index (χ0v) is 15.3. The second-order valence-corrected chi connectivity index (χ2v) is 7.85. The summed E-state index contributed by atoms with van der Waals surface area (Å²) in [6.45, 7) is 0.708. The molecule has 1 N–H and O–H groups in total. The summed E-state index contributed by atoms with van der Waals surface area (Å²) < 4.78 is 60.1. The highest BCUT2D eigenvalue weighted by Crippen LogP contribution is 2.31. The maximum absolute atomic E-state index is 14.2. The number of benzene rings is 2. The summed E-state index contributed by atoms with van der Waals surface area (Å²) in [6, 6.07) is 8.31. The molecule has 1 unspecified atom stereocenters. The molecule has 1 aliphatic rings. The monoisotopic (exact) mass is 396 g/mol. The van der Waals surface area contributed by atoms with Crippen molar-refractivity contribution in [1.29, 1.82) is 0 Å². The Morgan fingerprint density at radius 2 is 1.96 bits per heavy atom. The van der Waals surface area contributed by atoms with Gasteiger partial charge in [0, 0.05) is 19.6 Å². The van der Waals surface area contributed by atoms with E-state index < -0.39 is 44.1 Å². The molecule has 0 aliphatic carbocycles. The van der Waals surface area contributed by atoms with Gasteiger partial charge in [0.1, 0.15) is 17.2 Å². The average molecular weight is 396 g/mol. The number of nitrogens with one attached hydrogen (secondary N) is 1. The fourth-order valence-electron chi connectivity index (χ4n) is 3.12. The van der Waals surface area contributed by atoms with Crippen LogP contribution >= 0.6 is 0 Å². The van der Waals surface area contributed by atoms with E-state index in [0.717, 1.165) is 23.5 Å². The molecular weight excluding hydrogens is 378 g/mol. The largest absolute Gasteiger partial charge is 0.465 e. The number of hydrogen-bond acceptors (Lipinski definition) is 5. The van der Waals surface area contributed by atoms with Crippen molar-refractivity contribution in [2.45, 2.75) is 10.9 Å². The molecule has 1 heterocycles. The Hall–Kier alpha value is -2.36. The Bertz CT molecular complexity index is 966. The van der Waals surface area contributed by atoms with Crippen molar-refractivity contribution in [2.75, 3.05) is 26.7 Å². The van der Waals surface area contributed by atoms with E-state index in [0.29, 0.717) is 12.1 Å². The number of piperazine rings is 1. The molecule has 2 aromatic rings. The summed E-state index contributed by atoms with van der Waals surface area (Å²) in [4.78, 5) is 11.5. The van der Waals surface area contributed by atoms with E-state index in [1.807, 2.05) is 0 Å². The third-order valence-corrected chi connectivity index (χ3v) is 6.33. The number of methoxy groups -OCH3 is 1. The SMILES string of the molecule is COC(=O)c1c(F)cccc1S(=O)(=O)N1CCNCC1c1cccc(F)c1. The van der Waals surface area contributed by atoms with E-state index in [1.54, 1.807) is 6.07 Å². The van der Waals surface area contributed by atoms with Gasteiger partial charge in [-0.3, -0.25) is 0 Å². The molecule has 1 aliphatic heterocycles. The number of sulfonamides is 1. The maximum Gasteiger partial charge on any atom is 0.342 e. The van der Waals surface area contributed by atoms with Crippen LogP contribution in [0.5, 0.6) is 0 Å². The third-order valence-electron chi connectivity index (χ3n) is 4.38. The first-order valence-corrected chi connectivity index (χ1v) is 9.65. The fourth-order valence-corrected chi connectivity index (χ4v) is 4.92. The molecule has 3 rings (SSSR count). The van der Waals surface area contributed by atoms with E-state index in [9.17, 15) is 22.0 Å². The lowest BCUT2D eigenvalue weighted by Crippen LogP contribution is -2.48. The van der Waals surface area contributed by atoms with E-state index >= 15 is 0 Å². The van der Waals surface area contributed by atoms with Crippen LogP contribution in [-0.2, 0) is 14.8 Å². The van der Waals surface area contributed by atoms with Gasteiger partial charge in [0.15, 0.2) is 0 Å². The van der Waals surface area contributed by atoms with E-state index in [-0.39, 0.29) is 13.1 Å². The van der Waals surface area contributed by atoms with Crippen molar-refractivity contribution in [3.8, 4) is 0 Å². The Morgan fingerprint density at radius 3 is 2.67 bits per heavy atom. The van der Waals surface area contributed by atoms with Crippen LogP contribution < -0.4 is 5.32 Å². The standard InChI is InChI=1S/C18H18F2N2O4S/c1-26-18(23)17-14(20)6-3-7-16(17)27(24,25)22-9-8-21-11-15(22)12-4-2-5-13(19)10-12/h2-7,10,15,21H,8-9,11H2,1H3. The predicted octanol–water partition coefficient (Wildman–Crippen LogP) is 2.09. The van der Waals surface area contributed by atoms with Crippen LogP contribution in [0.3, 0.4) is 0 Å². The van der Waals surface area contributed by atoms with Gasteiger partial charge in [-0.2, -0.15) is 4.31 Å². The normalized spacial score (nSPS) is 18.3. The van der Waals surface area contributed by atoms with Gasteiger partial charge < -0.3 is 10.1 Å². The van der Waals surface area contributed by atoms with Crippen molar-refractivity contribution in [3.05, 3.63) is 65.2 Å². The van der Waals surface area contributed by atoms with Crippen molar-refractivity contribution in [3.63, 3.8) is 0 Å². The van der Waals surface area contributed by atoms with E-state index in [4.69, 9.17) is 0 Å². The van der Waals surface area contributed by atoms with Gasteiger partial charge in [0.05, 0.1) is 18.0 Å². The topological polar surface area (TPSA) is 75.7 Å². The van der Waals surface area contributed by atoms with Gasteiger partial charge in [-0.25, -0.2) is 22.0 Å². The van der Waals surface area contributed by atoms with Crippen LogP contribution in [-0.4, -0.2) is 45.4 Å². The molecule has 9 heteroatoms. The molecule has 1 saturated heterocycles. The molecule has 0 radical (unpaired) electrons. The van der Waals surface area contributed by atoms with Gasteiger partial charge in [-0.15, -0.1) is 0 Å². The molecule has 6 nitrogen and oxygen atoms in total. The lowest BCUT2D eigenvalue weighted by molar-refractivity contribution is 0.0590. The first-order chi connectivity index (χ1) is 12.9. The minimum Gasteiger partial charge on any atom is -0.465 e. The maximum atomic E-state index is 14.2. The van der Waals surface area contributed by atoms with Crippen molar-refractivity contribution >= 4 is 16.0 Å². The zero-order chi connectivity index (χ0) is 19.6. The third kappa shape index (κ3) is 3.71. The fraction of sp³-hybridized carbons (Fsp3) is 0.278. The zero-order valence-electron chi connectivity index (χ0n) is 14.5. The number of esters is 1. The highest BCUT2D eigenvalue weighted by Gasteiger charge is 2.37. The average Bonchev–Trinajstić information content (AvgIpc) is 2.67. The Kier molecular flexibility index (Phi) is 5.54. The van der Waals surface area contributed by atoms with Crippen LogP contribution in [0.15, 0.2) is 47.4 Å². The molecule has 144 valence electrons. The molecule has 2 aromatic carbocycles. The summed E-state index contributed by atoms with van der Waals surface area (Å²) in [7, 11) is -3.20. The quantitative estimate of drug-likeness (QED) is 0.801. The number of ether oxygens (including phenoxy) is 1. The van der Waals surface area contributed by atoms with Crippen molar-refractivity contribution < 1.29 is 26.7 Å². The lowest BCUT2D eigenvalue weighted by atomic mass is 10.1. The number of hydrogen-bond donors (Lipinski definition) is 1. The van der Waals surface area contributed by atoms with Crippen LogP contribution in [0.2, 0.25) is 0 Å². The smallest absolute Gasteiger partial charge is 0.342 e. The first kappa shape index (κ1) is 19.4. The van der Waals surface area contributed by atoms with Crippen LogP contribution in [0.4, 0.5) is 8.78 Å². The van der Waals surface area contributed by atoms with Crippen molar-refractivity contribution in [2.24, 2.45) is 0 Å². The van der Waals surface area contributed by atoms with Gasteiger partial charge in [-0.05, 0) is 29.8 Å². The number of halogens is 2. The van der Waals surface area contributed by atoms with Crippen molar-refractivity contribution in [1.82, 2.24) is 9.62 Å². The number of rotatable bonds is 4. The summed E-state index contributed by atoms with van der Waals surface area (Å²) >= 11 is 0. The Morgan fingerprint density at radius 1 is 1.22 bits per heavy atom. The molecule has 0 spiro atoms. The molecule has 1 fully saturated rings. The Balaban J connectivity index is 2.10. The van der Waals surface area contributed by atoms with E-state index in [1.165, 1.54) is 24.3 Å². The van der Waals surface area contributed by atoms with Gasteiger partial charge in [0.2, 0.25) is 10.0 Å². The van der Waals surface area contributed by atoms with Gasteiger partial charge in [-0.1, -0.05) is 18.2 Å². The Labute approximate surface area is 155 Å². The lowest BCUT2D eigenvalue weighted by Gasteiger charge is -2.35. The first-order valence-electron chi connectivity index (χ1n) is 8.21. The van der Waals surface area contributed by atoms with Crippen LogP contribution in [0.1, 0.15) is 22.0 Å². The van der Waals surface area contributed by atoms with Crippen LogP contribution in [0, 0.1) is 11.6 Å². The highest BCUT2D eigenvalue weighted by atomic mass is 32.2. The summed E-state index contributed by atoms with van der Waals surface area (Å²) in [5.41, 5.74) is -0.182. The predicted molar refractivity (Wildman–Crippen MR) is 93.6 cm³/mol. The highest BCUT2D eigenvalue weighted by molar-refractivity contribution is 7.89. The molecular formula is C18H18F2N2O4S. The van der Waals surface area contributed by atoms with Gasteiger partial charge in [0.25, 0.3) is 0 Å². The van der Waals surface area contributed by atoms with Gasteiger partial charge >= 0.3 is 5.97 Å².